The van der Waals surface area contributed by atoms with Gasteiger partial charge in [-0.05, 0) is 24.8 Å². The minimum Gasteiger partial charge on any atom is -0.460 e. The van der Waals surface area contributed by atoms with Gasteiger partial charge in [-0.2, -0.15) is 0 Å². The maximum atomic E-state index is 12.3. The monoisotopic (exact) mass is 380 g/mol. The van der Waals surface area contributed by atoms with Crippen LogP contribution in [0.5, 0.6) is 0 Å². The molecule has 3 N–H and O–H groups in total. The maximum Gasteiger partial charge on any atom is 0.335 e. The Kier molecular flexibility index (Phi) is 3.21. The van der Waals surface area contributed by atoms with Crippen molar-refractivity contribution in [3.05, 3.63) is 11.6 Å². The van der Waals surface area contributed by atoms with Crippen molar-refractivity contribution < 1.29 is 39.1 Å². The highest BCUT2D eigenvalue weighted by atomic mass is 16.7. The molecule has 3 aliphatic heterocycles. The zero-order valence-electron chi connectivity index (χ0n) is 15.4. The van der Waals surface area contributed by atoms with Gasteiger partial charge in [-0.1, -0.05) is 13.8 Å². The molecule has 2 saturated heterocycles. The van der Waals surface area contributed by atoms with E-state index in [1.54, 1.807) is 13.8 Å². The number of rotatable bonds is 1. The third-order valence-corrected chi connectivity index (χ3v) is 7.93. The number of cyclic esters (lactones) is 1. The number of carbonyl (C=O) groups is 2. The Morgan fingerprint density at radius 1 is 1.22 bits per heavy atom. The lowest BCUT2D eigenvalue weighted by atomic mass is 9.50. The van der Waals surface area contributed by atoms with E-state index >= 15 is 0 Å². The third kappa shape index (κ3) is 1.74. The van der Waals surface area contributed by atoms with E-state index in [0.717, 1.165) is 5.57 Å². The third-order valence-electron chi connectivity index (χ3n) is 7.93. The molecule has 1 spiro atoms. The number of esters is 2. The molecule has 8 heteroatoms. The Labute approximate surface area is 156 Å². The molecule has 27 heavy (non-hydrogen) atoms. The van der Waals surface area contributed by atoms with Crippen LogP contribution in [0.15, 0.2) is 11.6 Å². The van der Waals surface area contributed by atoms with Crippen molar-refractivity contribution in [2.75, 3.05) is 6.61 Å². The van der Waals surface area contributed by atoms with Gasteiger partial charge in [0.25, 0.3) is 0 Å². The summed E-state index contributed by atoms with van der Waals surface area (Å²) in [4.78, 5) is 24.2. The molecule has 2 bridgehead atoms. The van der Waals surface area contributed by atoms with E-state index in [1.807, 2.05) is 6.92 Å². The fourth-order valence-corrected chi connectivity index (χ4v) is 7.19. The quantitative estimate of drug-likeness (QED) is 0.521. The first-order chi connectivity index (χ1) is 12.6. The van der Waals surface area contributed by atoms with Crippen LogP contribution in [0.4, 0.5) is 0 Å². The van der Waals surface area contributed by atoms with E-state index in [0.29, 0.717) is 6.42 Å². The van der Waals surface area contributed by atoms with Crippen molar-refractivity contribution in [1.82, 2.24) is 0 Å². The van der Waals surface area contributed by atoms with Crippen molar-refractivity contribution in [3.63, 3.8) is 0 Å². The summed E-state index contributed by atoms with van der Waals surface area (Å²) in [5.74, 6) is -4.88. The molecule has 3 heterocycles. The summed E-state index contributed by atoms with van der Waals surface area (Å²) in [5, 5.41) is 33.0. The average Bonchev–Trinajstić information content (AvgIpc) is 3.17. The van der Waals surface area contributed by atoms with Gasteiger partial charge >= 0.3 is 11.9 Å². The Morgan fingerprint density at radius 3 is 2.56 bits per heavy atom. The SMILES string of the molecule is CC1=CC(=O)O[C@@H]1[C@@]1(C)C[C@H]2OC(=O)[C@H](O)[C@H]3[C@@H](C)[C@H](O)[C@]4(O)OC[C@@]32[C@@H]14. The predicted octanol–water partition coefficient (Wildman–Crippen LogP) is -0.497. The second-order valence-electron chi connectivity index (χ2n) is 9.20. The van der Waals surface area contributed by atoms with E-state index in [4.69, 9.17) is 14.2 Å². The fraction of sp³-hybridized carbons (Fsp3) is 0.789. The normalized spacial score (nSPS) is 58.6. The minimum absolute atomic E-state index is 0.0637. The summed E-state index contributed by atoms with van der Waals surface area (Å²) < 4.78 is 16.9. The molecule has 0 aromatic carbocycles. The predicted molar refractivity (Wildman–Crippen MR) is 87.7 cm³/mol. The first-order valence-corrected chi connectivity index (χ1v) is 9.39. The van der Waals surface area contributed by atoms with Gasteiger partial charge in [0.05, 0.1) is 6.61 Å². The molecule has 2 aliphatic carbocycles. The second kappa shape index (κ2) is 4.92. The van der Waals surface area contributed by atoms with Crippen LogP contribution in [-0.4, -0.2) is 64.1 Å². The van der Waals surface area contributed by atoms with Gasteiger partial charge in [0, 0.05) is 28.7 Å². The Morgan fingerprint density at radius 2 is 1.93 bits per heavy atom. The summed E-state index contributed by atoms with van der Waals surface area (Å²) in [5.41, 5.74) is -0.950. The highest BCUT2D eigenvalue weighted by Gasteiger charge is 2.84. The maximum absolute atomic E-state index is 12.3. The van der Waals surface area contributed by atoms with Crippen molar-refractivity contribution in [3.8, 4) is 0 Å². The number of ether oxygens (including phenoxy) is 3. The van der Waals surface area contributed by atoms with E-state index in [2.05, 4.69) is 0 Å². The topological polar surface area (TPSA) is 123 Å². The van der Waals surface area contributed by atoms with Gasteiger partial charge in [0.2, 0.25) is 0 Å². The number of aliphatic hydroxyl groups is 3. The molecule has 148 valence electrons. The Bertz CT molecular complexity index is 778. The number of aliphatic hydroxyl groups excluding tert-OH is 2. The number of hydrogen-bond donors (Lipinski definition) is 3. The lowest BCUT2D eigenvalue weighted by Crippen LogP contribution is -2.69. The van der Waals surface area contributed by atoms with Crippen LogP contribution in [0.25, 0.3) is 0 Å². The summed E-state index contributed by atoms with van der Waals surface area (Å²) in [7, 11) is 0. The van der Waals surface area contributed by atoms with Gasteiger partial charge in [0.1, 0.15) is 18.3 Å². The van der Waals surface area contributed by atoms with Crippen LogP contribution in [0.2, 0.25) is 0 Å². The zero-order chi connectivity index (χ0) is 19.5. The molecule has 0 radical (unpaired) electrons. The van der Waals surface area contributed by atoms with Crippen LogP contribution >= 0.6 is 0 Å². The Hall–Kier alpha value is -1.48. The number of carbonyl (C=O) groups excluding carboxylic acids is 2. The largest absolute Gasteiger partial charge is 0.460 e. The van der Waals surface area contributed by atoms with Crippen LogP contribution in [0, 0.1) is 28.6 Å². The molecule has 10 atom stereocenters. The van der Waals surface area contributed by atoms with Crippen molar-refractivity contribution in [1.29, 1.82) is 0 Å². The second-order valence-corrected chi connectivity index (χ2v) is 9.20. The molecule has 0 aromatic rings. The zero-order valence-corrected chi connectivity index (χ0v) is 15.4. The van der Waals surface area contributed by atoms with Gasteiger partial charge in [-0.25, -0.2) is 9.59 Å². The van der Waals surface area contributed by atoms with Crippen molar-refractivity contribution in [2.24, 2.45) is 28.6 Å². The first kappa shape index (κ1) is 17.6. The highest BCUT2D eigenvalue weighted by Crippen LogP contribution is 2.74. The van der Waals surface area contributed by atoms with E-state index in [1.165, 1.54) is 6.08 Å². The van der Waals surface area contributed by atoms with Gasteiger partial charge in [-0.15, -0.1) is 0 Å². The summed E-state index contributed by atoms with van der Waals surface area (Å²) in [6, 6.07) is 0. The fourth-order valence-electron chi connectivity index (χ4n) is 7.19. The van der Waals surface area contributed by atoms with E-state index < -0.39 is 70.7 Å². The smallest absolute Gasteiger partial charge is 0.335 e. The van der Waals surface area contributed by atoms with E-state index in [9.17, 15) is 24.9 Å². The van der Waals surface area contributed by atoms with Crippen LogP contribution < -0.4 is 0 Å². The highest BCUT2D eigenvalue weighted by molar-refractivity contribution is 5.86. The summed E-state index contributed by atoms with van der Waals surface area (Å²) in [6.45, 7) is 5.43. The molecule has 0 unspecified atom stereocenters. The van der Waals surface area contributed by atoms with Crippen LogP contribution in [0.1, 0.15) is 27.2 Å². The van der Waals surface area contributed by atoms with E-state index in [-0.39, 0.29) is 6.61 Å². The number of hydrogen-bond acceptors (Lipinski definition) is 8. The van der Waals surface area contributed by atoms with Crippen LogP contribution in [-0.2, 0) is 23.8 Å². The van der Waals surface area contributed by atoms with Gasteiger partial charge in [-0.3, -0.25) is 0 Å². The lowest BCUT2D eigenvalue weighted by Gasteiger charge is -2.56. The standard InChI is InChI=1S/C19H24O8/c1-7-4-10(20)27-14(7)17(3)5-9-18-6-25-19(24,16(17)18)13(22)8(2)11(18)12(21)15(23)26-9/h4,8-9,11-14,16,21-22,24H,5-6H2,1-3H3/t8-,9-,11-,12-,13+,14+,16-,17-,18+,19+/m1/s1. The molecular weight excluding hydrogens is 356 g/mol. The lowest BCUT2D eigenvalue weighted by molar-refractivity contribution is -0.304. The molecule has 8 nitrogen and oxygen atoms in total. The first-order valence-electron chi connectivity index (χ1n) is 9.39. The van der Waals surface area contributed by atoms with Crippen LogP contribution in [0.3, 0.4) is 0 Å². The molecule has 2 saturated carbocycles. The molecular formula is C19H24O8. The minimum atomic E-state index is -1.86. The molecule has 5 rings (SSSR count). The summed E-state index contributed by atoms with van der Waals surface area (Å²) >= 11 is 0. The van der Waals surface area contributed by atoms with Crippen molar-refractivity contribution in [2.45, 2.75) is 57.4 Å². The molecule has 5 aliphatic rings. The van der Waals surface area contributed by atoms with Gasteiger partial charge < -0.3 is 29.5 Å². The molecule has 0 aromatic heterocycles. The molecule has 0 amide bonds. The average molecular weight is 380 g/mol. The van der Waals surface area contributed by atoms with Gasteiger partial charge in [0.15, 0.2) is 11.9 Å². The molecule has 4 fully saturated rings. The Balaban J connectivity index is 1.71. The summed E-state index contributed by atoms with van der Waals surface area (Å²) in [6.07, 6.45) is -2.14. The van der Waals surface area contributed by atoms with Crippen molar-refractivity contribution >= 4 is 11.9 Å².